The second-order valence-electron chi connectivity index (χ2n) is 5.11. The lowest BCUT2D eigenvalue weighted by molar-refractivity contribution is -0.0764. The zero-order valence-electron chi connectivity index (χ0n) is 11.7. The number of amides is 1. The van der Waals surface area contributed by atoms with Crippen molar-refractivity contribution in [2.75, 3.05) is 33.4 Å². The van der Waals surface area contributed by atoms with E-state index in [9.17, 15) is 4.79 Å². The van der Waals surface area contributed by atoms with E-state index in [0.29, 0.717) is 19.7 Å². The Kier molecular flexibility index (Phi) is 5.74. The van der Waals surface area contributed by atoms with E-state index in [4.69, 9.17) is 34.6 Å². The Morgan fingerprint density at radius 2 is 1.90 bits per heavy atom. The molecule has 0 aromatic heterocycles. The summed E-state index contributed by atoms with van der Waals surface area (Å²) in [5.74, 6) is 0. The van der Waals surface area contributed by atoms with E-state index >= 15 is 0 Å². The van der Waals surface area contributed by atoms with Crippen molar-refractivity contribution in [1.82, 2.24) is 4.90 Å². The predicted molar refractivity (Wildman–Crippen MR) is 72.9 cm³/mol. The van der Waals surface area contributed by atoms with Crippen molar-refractivity contribution in [1.29, 1.82) is 0 Å². The van der Waals surface area contributed by atoms with E-state index in [1.165, 1.54) is 4.90 Å². The maximum atomic E-state index is 12.0. The number of rotatable bonds is 4. The fourth-order valence-electron chi connectivity index (χ4n) is 2.41. The average molecular weight is 279 g/mol. The van der Waals surface area contributed by atoms with E-state index in [-0.39, 0.29) is 24.8 Å². The van der Waals surface area contributed by atoms with Gasteiger partial charge in [0, 0.05) is 25.7 Å². The number of carbonyl (C=O) groups excluding carboxylic acids is 1. The van der Waals surface area contributed by atoms with Crippen LogP contribution in [0.3, 0.4) is 0 Å². The summed E-state index contributed by atoms with van der Waals surface area (Å²) in [4.78, 5) is 13.5. The van der Waals surface area contributed by atoms with Gasteiger partial charge in [-0.1, -0.05) is 0 Å². The monoisotopic (exact) mass is 279 g/mol. The van der Waals surface area contributed by atoms with Gasteiger partial charge in [-0.2, -0.15) is 0 Å². The summed E-state index contributed by atoms with van der Waals surface area (Å²) in [6.45, 7) is 1.32. The van der Waals surface area contributed by atoms with E-state index in [2.05, 4.69) is 0 Å². The molecule has 1 amide bonds. The predicted octanol–water partition coefficient (Wildman–Crippen LogP) is -0.362. The van der Waals surface area contributed by atoms with Crippen molar-refractivity contribution in [3.63, 3.8) is 0 Å². The normalized spacial score (nSPS) is 34.1. The number of ether oxygens (including phenoxy) is 4. The smallest absolute Gasteiger partial charge is 0.410 e. The third-order valence-electron chi connectivity index (χ3n) is 3.34. The van der Waals surface area contributed by atoms with Crippen LogP contribution in [-0.2, 0) is 18.9 Å². The second-order valence-corrected chi connectivity index (χ2v) is 5.11. The van der Waals surface area contributed by atoms with Crippen LogP contribution in [0.25, 0.3) is 0 Å². The van der Waals surface area contributed by atoms with E-state index in [1.54, 1.807) is 7.11 Å². The van der Waals surface area contributed by atoms with Crippen LogP contribution < -0.4 is 0 Å². The summed E-state index contributed by atoms with van der Waals surface area (Å²) in [5, 5.41) is 0. The highest BCUT2D eigenvalue weighted by Crippen LogP contribution is 2.18. The van der Waals surface area contributed by atoms with Crippen LogP contribution >= 0.6 is 0 Å². The molecule has 108 valence electrons. The molecular formula is C12H19B2NO5. The molecule has 0 aromatic carbocycles. The lowest BCUT2D eigenvalue weighted by atomic mass is 9.97. The molecule has 0 aromatic rings. The fourth-order valence-corrected chi connectivity index (χ4v) is 2.41. The van der Waals surface area contributed by atoms with Gasteiger partial charge < -0.3 is 23.8 Å². The van der Waals surface area contributed by atoms with Crippen LogP contribution in [0.2, 0.25) is 0 Å². The Hall–Kier alpha value is -0.720. The van der Waals surface area contributed by atoms with Crippen molar-refractivity contribution in [2.24, 2.45) is 0 Å². The SMILES string of the molecule is [B]C1CCC(COC(=O)N2CC([B])OC(COC)C2)O1. The third kappa shape index (κ3) is 4.40. The molecule has 4 radical (unpaired) electrons. The Morgan fingerprint density at radius 1 is 1.15 bits per heavy atom. The molecule has 0 bridgehead atoms. The molecule has 2 rings (SSSR count). The first-order chi connectivity index (χ1) is 9.58. The molecule has 4 unspecified atom stereocenters. The summed E-state index contributed by atoms with van der Waals surface area (Å²) in [5.41, 5.74) is 0. The van der Waals surface area contributed by atoms with Crippen LogP contribution in [0.5, 0.6) is 0 Å². The molecule has 2 saturated heterocycles. The highest BCUT2D eigenvalue weighted by Gasteiger charge is 2.30. The number of carbonyl (C=O) groups is 1. The molecule has 2 aliphatic heterocycles. The molecule has 2 fully saturated rings. The molecule has 6 nitrogen and oxygen atoms in total. The number of morpholine rings is 1. The van der Waals surface area contributed by atoms with Crippen LogP contribution in [-0.4, -0.2) is 84.3 Å². The maximum absolute atomic E-state index is 12.0. The van der Waals surface area contributed by atoms with Crippen LogP contribution in [0, 0.1) is 0 Å². The molecule has 2 heterocycles. The number of nitrogens with zero attached hydrogens (tertiary/aromatic N) is 1. The Bertz CT molecular complexity index is 333. The molecule has 0 saturated carbocycles. The van der Waals surface area contributed by atoms with Crippen molar-refractivity contribution in [2.45, 2.75) is 37.1 Å². The fraction of sp³-hybridized carbons (Fsp3) is 0.917. The van der Waals surface area contributed by atoms with Crippen LogP contribution in [0.15, 0.2) is 0 Å². The van der Waals surface area contributed by atoms with Crippen molar-refractivity contribution < 1.29 is 23.7 Å². The summed E-state index contributed by atoms with van der Waals surface area (Å²) in [7, 11) is 13.0. The summed E-state index contributed by atoms with van der Waals surface area (Å²) in [6, 6.07) is -0.769. The van der Waals surface area contributed by atoms with E-state index < -0.39 is 12.1 Å². The minimum Gasteiger partial charge on any atom is -0.447 e. The van der Waals surface area contributed by atoms with Gasteiger partial charge in [-0.3, -0.25) is 0 Å². The van der Waals surface area contributed by atoms with Gasteiger partial charge in [0.1, 0.15) is 22.3 Å². The van der Waals surface area contributed by atoms with Gasteiger partial charge in [-0.05, 0) is 12.8 Å². The molecule has 2 aliphatic rings. The highest BCUT2D eigenvalue weighted by atomic mass is 16.6. The first-order valence-electron chi connectivity index (χ1n) is 6.81. The first kappa shape index (κ1) is 15.7. The van der Waals surface area contributed by atoms with Crippen molar-refractivity contribution in [3.05, 3.63) is 0 Å². The average Bonchev–Trinajstić information content (AvgIpc) is 2.81. The number of hydrogen-bond acceptors (Lipinski definition) is 5. The van der Waals surface area contributed by atoms with Crippen LogP contribution in [0.1, 0.15) is 12.8 Å². The van der Waals surface area contributed by atoms with E-state index in [0.717, 1.165) is 12.8 Å². The summed E-state index contributed by atoms with van der Waals surface area (Å²) < 4.78 is 21.1. The zero-order chi connectivity index (χ0) is 14.5. The number of hydrogen-bond donors (Lipinski definition) is 0. The van der Waals surface area contributed by atoms with Gasteiger partial charge in [0.2, 0.25) is 0 Å². The van der Waals surface area contributed by atoms with Gasteiger partial charge in [0.05, 0.1) is 25.4 Å². The molecule has 8 heteroatoms. The van der Waals surface area contributed by atoms with Gasteiger partial charge in [0.15, 0.2) is 0 Å². The minimum absolute atomic E-state index is 0.113. The van der Waals surface area contributed by atoms with Crippen LogP contribution in [0.4, 0.5) is 4.79 Å². The van der Waals surface area contributed by atoms with Gasteiger partial charge in [0.25, 0.3) is 0 Å². The standard InChI is InChI=1S/C12H19B2NO5/c1-17-6-9-4-15(5-11(14)20-9)12(16)18-7-8-2-3-10(13)19-8/h8-11H,2-7H2,1H3. The van der Waals surface area contributed by atoms with Crippen molar-refractivity contribution in [3.8, 4) is 0 Å². The zero-order valence-corrected chi connectivity index (χ0v) is 11.7. The van der Waals surface area contributed by atoms with E-state index in [1.807, 2.05) is 0 Å². The Morgan fingerprint density at radius 3 is 2.55 bits per heavy atom. The molecular weight excluding hydrogens is 260 g/mol. The minimum atomic E-state index is -0.521. The highest BCUT2D eigenvalue weighted by molar-refractivity contribution is 6.11. The molecule has 0 N–H and O–H groups in total. The molecule has 4 atom stereocenters. The maximum Gasteiger partial charge on any atom is 0.410 e. The Balaban J connectivity index is 1.76. The number of methoxy groups -OCH3 is 1. The third-order valence-corrected chi connectivity index (χ3v) is 3.34. The second kappa shape index (κ2) is 7.33. The summed E-state index contributed by atoms with van der Waals surface area (Å²) >= 11 is 0. The largest absolute Gasteiger partial charge is 0.447 e. The quantitative estimate of drug-likeness (QED) is 0.658. The molecule has 0 aliphatic carbocycles. The lowest BCUT2D eigenvalue weighted by Gasteiger charge is -2.36. The molecule has 0 spiro atoms. The van der Waals surface area contributed by atoms with Gasteiger partial charge >= 0.3 is 6.09 Å². The van der Waals surface area contributed by atoms with Gasteiger partial charge in [-0.15, -0.1) is 0 Å². The first-order valence-corrected chi connectivity index (χ1v) is 6.81. The summed E-state index contributed by atoms with van der Waals surface area (Å²) in [6.07, 6.45) is 0.851. The topological polar surface area (TPSA) is 57.2 Å². The van der Waals surface area contributed by atoms with Crippen molar-refractivity contribution >= 4 is 21.8 Å². The molecule has 20 heavy (non-hydrogen) atoms. The lowest BCUT2D eigenvalue weighted by Crippen LogP contribution is -2.52. The Labute approximate surface area is 121 Å². The van der Waals surface area contributed by atoms with Gasteiger partial charge in [-0.25, -0.2) is 4.79 Å².